The molecule has 1 saturated heterocycles. The molecule has 1 amide bonds. The fourth-order valence-electron chi connectivity index (χ4n) is 1.71. The van der Waals surface area contributed by atoms with Crippen LogP contribution in [0.1, 0.15) is 25.7 Å². The van der Waals surface area contributed by atoms with Gasteiger partial charge in [-0.15, -0.1) is 0 Å². The number of piperidine rings is 1. The van der Waals surface area contributed by atoms with Gasteiger partial charge in [0.05, 0.1) is 6.61 Å². The molecule has 0 radical (unpaired) electrons. The number of hydrogen-bond donors (Lipinski definition) is 2. The third-order valence-electron chi connectivity index (χ3n) is 2.90. The Bertz CT molecular complexity index is 198. The van der Waals surface area contributed by atoms with Gasteiger partial charge < -0.3 is 5.32 Å². The van der Waals surface area contributed by atoms with Crippen LogP contribution in [0.3, 0.4) is 0 Å². The van der Waals surface area contributed by atoms with Crippen LogP contribution in [0.5, 0.6) is 0 Å². The second-order valence-electron chi connectivity index (χ2n) is 4.24. The maximum atomic E-state index is 11.2. The summed E-state index contributed by atoms with van der Waals surface area (Å²) in [7, 11) is 0. The van der Waals surface area contributed by atoms with E-state index in [2.05, 4.69) is 10.8 Å². The van der Waals surface area contributed by atoms with Crippen molar-refractivity contribution in [3.63, 3.8) is 0 Å². The molecule has 0 unspecified atom stereocenters. The highest BCUT2D eigenvalue weighted by molar-refractivity contribution is 5.79. The summed E-state index contributed by atoms with van der Waals surface area (Å²) in [4.78, 5) is 16.4. The molecular weight excluding hydrogens is 180 g/mol. The molecule has 1 aliphatic heterocycles. The minimum atomic E-state index is 0.0685. The number of rotatable bonds is 4. The number of amides is 1. The summed E-state index contributed by atoms with van der Waals surface area (Å²) in [6, 6.07) is 0. The van der Waals surface area contributed by atoms with Crippen molar-refractivity contribution in [1.82, 2.24) is 10.8 Å². The van der Waals surface area contributed by atoms with Gasteiger partial charge in [-0.1, -0.05) is 0 Å². The molecule has 2 rings (SSSR count). The minimum absolute atomic E-state index is 0.0685. The van der Waals surface area contributed by atoms with Crippen LogP contribution in [0.15, 0.2) is 0 Å². The van der Waals surface area contributed by atoms with Crippen LogP contribution in [-0.2, 0) is 9.63 Å². The van der Waals surface area contributed by atoms with Crippen LogP contribution in [0.25, 0.3) is 0 Å². The summed E-state index contributed by atoms with van der Waals surface area (Å²) in [6.07, 6.45) is 4.36. The zero-order chi connectivity index (χ0) is 9.80. The van der Waals surface area contributed by atoms with Crippen LogP contribution < -0.4 is 10.8 Å². The lowest BCUT2D eigenvalue weighted by molar-refractivity contribution is -0.136. The maximum Gasteiger partial charge on any atom is 0.246 e. The SMILES string of the molecule is O=C(NOCC1CCNCC1)C1CC1. The molecule has 1 aliphatic carbocycles. The van der Waals surface area contributed by atoms with Gasteiger partial charge in [0.15, 0.2) is 0 Å². The van der Waals surface area contributed by atoms with Gasteiger partial charge in [0.1, 0.15) is 0 Å². The Hall–Kier alpha value is -0.610. The molecule has 14 heavy (non-hydrogen) atoms. The van der Waals surface area contributed by atoms with E-state index in [1.165, 1.54) is 0 Å². The number of carbonyl (C=O) groups is 1. The summed E-state index contributed by atoms with van der Waals surface area (Å²) < 4.78 is 0. The van der Waals surface area contributed by atoms with Crippen molar-refractivity contribution in [2.75, 3.05) is 19.7 Å². The quantitative estimate of drug-likeness (QED) is 0.645. The fourth-order valence-corrected chi connectivity index (χ4v) is 1.71. The largest absolute Gasteiger partial charge is 0.317 e. The molecular formula is C10H18N2O2. The number of hydrogen-bond acceptors (Lipinski definition) is 3. The first-order valence-electron chi connectivity index (χ1n) is 5.48. The van der Waals surface area contributed by atoms with Gasteiger partial charge in [0.25, 0.3) is 0 Å². The van der Waals surface area contributed by atoms with Crippen molar-refractivity contribution in [3.05, 3.63) is 0 Å². The molecule has 2 aliphatic rings. The molecule has 0 aromatic carbocycles. The van der Waals surface area contributed by atoms with Crippen molar-refractivity contribution in [1.29, 1.82) is 0 Å². The van der Waals surface area contributed by atoms with E-state index in [9.17, 15) is 4.79 Å². The highest BCUT2D eigenvalue weighted by Crippen LogP contribution is 2.28. The smallest absolute Gasteiger partial charge is 0.246 e. The predicted octanol–water partition coefficient (Wildman–Crippen LogP) is 0.444. The van der Waals surface area contributed by atoms with E-state index in [4.69, 9.17) is 4.84 Å². The molecule has 0 aromatic heterocycles. The van der Waals surface area contributed by atoms with Crippen molar-refractivity contribution in [2.24, 2.45) is 11.8 Å². The Morgan fingerprint density at radius 3 is 2.64 bits per heavy atom. The molecule has 0 atom stereocenters. The predicted molar refractivity (Wildman–Crippen MR) is 52.4 cm³/mol. The average molecular weight is 198 g/mol. The van der Waals surface area contributed by atoms with E-state index in [0.717, 1.165) is 38.8 Å². The molecule has 0 aromatic rings. The Morgan fingerprint density at radius 2 is 2.00 bits per heavy atom. The molecule has 1 saturated carbocycles. The van der Waals surface area contributed by atoms with Crippen LogP contribution >= 0.6 is 0 Å². The second-order valence-corrected chi connectivity index (χ2v) is 4.24. The van der Waals surface area contributed by atoms with Crippen LogP contribution in [0, 0.1) is 11.8 Å². The molecule has 1 heterocycles. The van der Waals surface area contributed by atoms with E-state index in [1.54, 1.807) is 0 Å². The summed E-state index contributed by atoms with van der Waals surface area (Å²) >= 11 is 0. The Balaban J connectivity index is 1.54. The third-order valence-corrected chi connectivity index (χ3v) is 2.90. The van der Waals surface area contributed by atoms with Crippen molar-refractivity contribution >= 4 is 5.91 Å². The van der Waals surface area contributed by atoms with E-state index in [-0.39, 0.29) is 11.8 Å². The van der Waals surface area contributed by atoms with Crippen molar-refractivity contribution in [3.8, 4) is 0 Å². The first-order chi connectivity index (χ1) is 6.86. The fraction of sp³-hybridized carbons (Fsp3) is 0.900. The molecule has 80 valence electrons. The van der Waals surface area contributed by atoms with Crippen molar-refractivity contribution < 1.29 is 9.63 Å². The molecule has 4 heteroatoms. The highest BCUT2D eigenvalue weighted by atomic mass is 16.7. The second kappa shape index (κ2) is 4.75. The van der Waals surface area contributed by atoms with Gasteiger partial charge in [-0.25, -0.2) is 5.48 Å². The standard InChI is InChI=1S/C10H18N2O2/c13-10(9-1-2-9)12-14-7-8-3-5-11-6-4-8/h8-9,11H,1-7H2,(H,12,13). The molecule has 4 nitrogen and oxygen atoms in total. The van der Waals surface area contributed by atoms with Gasteiger partial charge in [0, 0.05) is 5.92 Å². The lowest BCUT2D eigenvalue weighted by atomic mass is 10.00. The highest BCUT2D eigenvalue weighted by Gasteiger charge is 2.29. The third kappa shape index (κ3) is 2.96. The summed E-state index contributed by atoms with van der Waals surface area (Å²) in [6.45, 7) is 2.81. The topological polar surface area (TPSA) is 50.4 Å². The maximum absolute atomic E-state index is 11.2. The monoisotopic (exact) mass is 198 g/mol. The normalized spacial score (nSPS) is 23.4. The Morgan fingerprint density at radius 1 is 1.29 bits per heavy atom. The number of carbonyl (C=O) groups excluding carboxylic acids is 1. The van der Waals surface area contributed by atoms with E-state index in [0.29, 0.717) is 12.5 Å². The number of nitrogens with one attached hydrogen (secondary N) is 2. The molecule has 0 bridgehead atoms. The number of hydroxylamine groups is 1. The summed E-state index contributed by atoms with van der Waals surface area (Å²) in [5.41, 5.74) is 2.53. The van der Waals surface area contributed by atoms with Gasteiger partial charge >= 0.3 is 0 Å². The molecule has 2 N–H and O–H groups in total. The van der Waals surface area contributed by atoms with Crippen LogP contribution in [0.2, 0.25) is 0 Å². The van der Waals surface area contributed by atoms with E-state index >= 15 is 0 Å². The average Bonchev–Trinajstić information content (AvgIpc) is 3.02. The van der Waals surface area contributed by atoms with E-state index in [1.807, 2.05) is 0 Å². The minimum Gasteiger partial charge on any atom is -0.317 e. The zero-order valence-electron chi connectivity index (χ0n) is 8.42. The van der Waals surface area contributed by atoms with Gasteiger partial charge in [-0.2, -0.15) is 0 Å². The summed E-state index contributed by atoms with van der Waals surface area (Å²) in [5.74, 6) is 0.915. The van der Waals surface area contributed by atoms with E-state index < -0.39 is 0 Å². The lowest BCUT2D eigenvalue weighted by Crippen LogP contribution is -2.33. The van der Waals surface area contributed by atoms with Crippen LogP contribution in [-0.4, -0.2) is 25.6 Å². The first kappa shape index (κ1) is 9.93. The van der Waals surface area contributed by atoms with Gasteiger partial charge in [-0.3, -0.25) is 9.63 Å². The lowest BCUT2D eigenvalue weighted by Gasteiger charge is -2.21. The van der Waals surface area contributed by atoms with Gasteiger partial charge in [0.2, 0.25) is 5.91 Å². The summed E-state index contributed by atoms with van der Waals surface area (Å²) in [5, 5.41) is 3.30. The zero-order valence-corrected chi connectivity index (χ0v) is 8.42. The van der Waals surface area contributed by atoms with Crippen molar-refractivity contribution in [2.45, 2.75) is 25.7 Å². The van der Waals surface area contributed by atoms with Crippen LogP contribution in [0.4, 0.5) is 0 Å². The molecule has 0 spiro atoms. The Labute approximate surface area is 84.3 Å². The van der Waals surface area contributed by atoms with Gasteiger partial charge in [-0.05, 0) is 44.7 Å². The Kier molecular flexibility index (Phi) is 3.37. The molecule has 2 fully saturated rings. The first-order valence-corrected chi connectivity index (χ1v) is 5.48.